The second-order valence-electron chi connectivity index (χ2n) is 5.29. The third-order valence-corrected chi connectivity index (χ3v) is 3.48. The van der Waals surface area contributed by atoms with Crippen molar-refractivity contribution in [2.45, 2.75) is 57.5 Å². The van der Waals surface area contributed by atoms with Gasteiger partial charge in [-0.2, -0.15) is 13.2 Å². The first-order valence-electron chi connectivity index (χ1n) is 7.16. The van der Waals surface area contributed by atoms with Gasteiger partial charge in [0.05, 0.1) is 0 Å². The van der Waals surface area contributed by atoms with Crippen LogP contribution in [-0.2, 0) is 6.42 Å². The number of hydrogen-bond acceptors (Lipinski definition) is 3. The lowest BCUT2D eigenvalue weighted by Crippen LogP contribution is -2.16. The van der Waals surface area contributed by atoms with Crippen LogP contribution in [0.2, 0.25) is 0 Å². The zero-order valence-corrected chi connectivity index (χ0v) is 11.6. The molecule has 1 aliphatic rings. The van der Waals surface area contributed by atoms with Gasteiger partial charge in [-0.25, -0.2) is 9.97 Å². The van der Waals surface area contributed by atoms with Crippen LogP contribution < -0.4 is 5.32 Å². The second kappa shape index (κ2) is 6.41. The van der Waals surface area contributed by atoms with Crippen LogP contribution in [0.25, 0.3) is 0 Å². The van der Waals surface area contributed by atoms with Crippen LogP contribution in [0.5, 0.6) is 0 Å². The Balaban J connectivity index is 2.23. The normalized spacial score (nSPS) is 16.6. The first-order chi connectivity index (χ1) is 9.48. The van der Waals surface area contributed by atoms with Crippen LogP contribution in [0.4, 0.5) is 19.0 Å². The Labute approximate surface area is 117 Å². The molecule has 1 saturated carbocycles. The van der Waals surface area contributed by atoms with Crippen molar-refractivity contribution >= 4 is 5.82 Å². The van der Waals surface area contributed by atoms with Crippen LogP contribution in [0.15, 0.2) is 6.07 Å². The summed E-state index contributed by atoms with van der Waals surface area (Å²) < 4.78 is 37.6. The number of hydrogen-bond donors (Lipinski definition) is 1. The third kappa shape index (κ3) is 4.35. The minimum Gasteiger partial charge on any atom is -0.370 e. The Kier molecular flexibility index (Phi) is 4.83. The fourth-order valence-corrected chi connectivity index (χ4v) is 2.55. The molecule has 1 aromatic heterocycles. The molecule has 0 radical (unpaired) electrons. The minimum absolute atomic E-state index is 0.125. The third-order valence-electron chi connectivity index (χ3n) is 3.48. The summed E-state index contributed by atoms with van der Waals surface area (Å²) in [4.78, 5) is 8.12. The van der Waals surface area contributed by atoms with Crippen molar-refractivity contribution in [2.75, 3.05) is 11.9 Å². The van der Waals surface area contributed by atoms with E-state index in [9.17, 15) is 13.2 Å². The molecule has 112 valence electrons. The number of rotatable bonds is 5. The number of alkyl halides is 3. The molecule has 0 atom stereocenters. The topological polar surface area (TPSA) is 37.8 Å². The molecular formula is C14H20F3N3. The van der Waals surface area contributed by atoms with Crippen LogP contribution in [0.1, 0.15) is 56.5 Å². The van der Waals surface area contributed by atoms with Crippen molar-refractivity contribution in [1.82, 2.24) is 9.97 Å². The van der Waals surface area contributed by atoms with Gasteiger partial charge in [-0.1, -0.05) is 19.8 Å². The molecule has 1 heterocycles. The van der Waals surface area contributed by atoms with E-state index in [1.807, 2.05) is 13.0 Å². The molecule has 1 fully saturated rings. The van der Waals surface area contributed by atoms with E-state index in [-0.39, 0.29) is 11.7 Å². The lowest BCUT2D eigenvalue weighted by molar-refractivity contribution is -0.128. The zero-order valence-electron chi connectivity index (χ0n) is 11.6. The molecule has 6 heteroatoms. The monoisotopic (exact) mass is 287 g/mol. The molecule has 0 aromatic carbocycles. The van der Waals surface area contributed by atoms with Gasteiger partial charge in [0.1, 0.15) is 18.1 Å². The summed E-state index contributed by atoms with van der Waals surface area (Å²) in [5.74, 6) is 0.677. The molecule has 0 amide bonds. The Hall–Kier alpha value is -1.33. The SMILES string of the molecule is CCCNc1cc(C2CCCC2)nc(CC(F)(F)F)n1. The molecule has 0 saturated heterocycles. The van der Waals surface area contributed by atoms with Gasteiger partial charge in [0, 0.05) is 24.2 Å². The maximum absolute atomic E-state index is 12.5. The molecule has 1 aliphatic carbocycles. The molecular weight excluding hydrogens is 267 g/mol. The van der Waals surface area contributed by atoms with Crippen molar-refractivity contribution in [3.63, 3.8) is 0 Å². The summed E-state index contributed by atoms with van der Waals surface area (Å²) in [6.07, 6.45) is -0.157. The highest BCUT2D eigenvalue weighted by Gasteiger charge is 2.30. The van der Waals surface area contributed by atoms with E-state index in [4.69, 9.17) is 0 Å². The molecule has 3 nitrogen and oxygen atoms in total. The maximum atomic E-state index is 12.5. The van der Waals surface area contributed by atoms with Gasteiger partial charge < -0.3 is 5.32 Å². The molecule has 0 bridgehead atoms. The van der Waals surface area contributed by atoms with E-state index in [0.29, 0.717) is 12.4 Å². The summed E-state index contributed by atoms with van der Waals surface area (Å²) in [6.45, 7) is 2.70. The average molecular weight is 287 g/mol. The lowest BCUT2D eigenvalue weighted by Gasteiger charge is -2.14. The fourth-order valence-electron chi connectivity index (χ4n) is 2.55. The van der Waals surface area contributed by atoms with Gasteiger partial charge in [-0.3, -0.25) is 0 Å². The van der Waals surface area contributed by atoms with Crippen molar-refractivity contribution in [3.8, 4) is 0 Å². The first kappa shape index (κ1) is 15.1. The highest BCUT2D eigenvalue weighted by Crippen LogP contribution is 2.34. The maximum Gasteiger partial charge on any atom is 0.396 e. The number of nitrogens with one attached hydrogen (secondary N) is 1. The van der Waals surface area contributed by atoms with Gasteiger partial charge in [0.25, 0.3) is 0 Å². The lowest BCUT2D eigenvalue weighted by atomic mass is 10.0. The number of aromatic nitrogens is 2. The van der Waals surface area contributed by atoms with E-state index in [2.05, 4.69) is 15.3 Å². The predicted octanol–water partition coefficient (Wildman–Crippen LogP) is 4.06. The molecule has 1 aromatic rings. The van der Waals surface area contributed by atoms with Crippen LogP contribution in [0.3, 0.4) is 0 Å². The first-order valence-corrected chi connectivity index (χ1v) is 7.16. The van der Waals surface area contributed by atoms with Gasteiger partial charge in [-0.05, 0) is 19.3 Å². The highest BCUT2D eigenvalue weighted by molar-refractivity contribution is 5.37. The minimum atomic E-state index is -4.27. The quantitative estimate of drug-likeness (QED) is 0.887. The van der Waals surface area contributed by atoms with Crippen molar-refractivity contribution in [1.29, 1.82) is 0 Å². The van der Waals surface area contributed by atoms with Gasteiger partial charge in [0.2, 0.25) is 0 Å². The Morgan fingerprint density at radius 2 is 1.95 bits per heavy atom. The molecule has 0 aliphatic heterocycles. The Morgan fingerprint density at radius 1 is 1.25 bits per heavy atom. The number of nitrogens with zero attached hydrogens (tertiary/aromatic N) is 2. The summed E-state index contributed by atoms with van der Waals surface area (Å²) >= 11 is 0. The highest BCUT2D eigenvalue weighted by atomic mass is 19.4. The number of anilines is 1. The summed E-state index contributed by atoms with van der Waals surface area (Å²) in [7, 11) is 0. The number of halogens is 3. The van der Waals surface area contributed by atoms with Gasteiger partial charge >= 0.3 is 6.18 Å². The largest absolute Gasteiger partial charge is 0.396 e. The summed E-state index contributed by atoms with van der Waals surface area (Å²) in [5.41, 5.74) is 0.760. The van der Waals surface area contributed by atoms with Gasteiger partial charge in [-0.15, -0.1) is 0 Å². The molecule has 0 spiro atoms. The van der Waals surface area contributed by atoms with E-state index in [1.165, 1.54) is 0 Å². The smallest absolute Gasteiger partial charge is 0.370 e. The predicted molar refractivity (Wildman–Crippen MR) is 71.8 cm³/mol. The second-order valence-corrected chi connectivity index (χ2v) is 5.29. The Morgan fingerprint density at radius 3 is 2.55 bits per heavy atom. The van der Waals surface area contributed by atoms with Crippen LogP contribution >= 0.6 is 0 Å². The molecule has 1 N–H and O–H groups in total. The standard InChI is InChI=1S/C14H20F3N3/c1-2-7-18-12-8-11(10-5-3-4-6-10)19-13(20-12)9-14(15,16)17/h8,10H,2-7,9H2,1H3,(H,18,19,20). The Bertz CT molecular complexity index is 440. The zero-order chi connectivity index (χ0) is 14.6. The molecule has 20 heavy (non-hydrogen) atoms. The van der Waals surface area contributed by atoms with Crippen molar-refractivity contribution in [2.24, 2.45) is 0 Å². The van der Waals surface area contributed by atoms with Crippen LogP contribution in [-0.4, -0.2) is 22.7 Å². The summed E-state index contributed by atoms with van der Waals surface area (Å²) in [6, 6.07) is 1.81. The van der Waals surface area contributed by atoms with Crippen LogP contribution in [0, 0.1) is 0 Å². The van der Waals surface area contributed by atoms with Gasteiger partial charge in [0.15, 0.2) is 0 Å². The van der Waals surface area contributed by atoms with Crippen molar-refractivity contribution < 1.29 is 13.2 Å². The molecule has 0 unspecified atom stereocenters. The summed E-state index contributed by atoms with van der Waals surface area (Å²) in [5, 5.41) is 3.07. The average Bonchev–Trinajstić information content (AvgIpc) is 2.87. The van der Waals surface area contributed by atoms with E-state index >= 15 is 0 Å². The fraction of sp³-hybridized carbons (Fsp3) is 0.714. The van der Waals surface area contributed by atoms with Crippen molar-refractivity contribution in [3.05, 3.63) is 17.6 Å². The van der Waals surface area contributed by atoms with E-state index < -0.39 is 12.6 Å². The van der Waals surface area contributed by atoms with E-state index in [1.54, 1.807) is 0 Å². The molecule has 2 rings (SSSR count). The van der Waals surface area contributed by atoms with E-state index in [0.717, 1.165) is 37.8 Å².